The van der Waals surface area contributed by atoms with E-state index in [1.165, 1.54) is 18.2 Å². The monoisotopic (exact) mass is 324 g/mol. The van der Waals surface area contributed by atoms with Crippen LogP contribution in [0.5, 0.6) is 5.75 Å². The fourth-order valence-electron chi connectivity index (χ4n) is 1.48. The highest BCUT2D eigenvalue weighted by Crippen LogP contribution is 2.21. The maximum atomic E-state index is 13.3. The molecule has 0 saturated heterocycles. The molecule has 0 aliphatic heterocycles. The second kappa shape index (κ2) is 5.84. The van der Waals surface area contributed by atoms with Crippen LogP contribution in [0.4, 0.5) is 4.39 Å². The lowest BCUT2D eigenvalue weighted by Gasteiger charge is -2.07. The Balaban J connectivity index is 2.01. The van der Waals surface area contributed by atoms with E-state index >= 15 is 0 Å². The summed E-state index contributed by atoms with van der Waals surface area (Å²) in [6.07, 6.45) is 0. The van der Waals surface area contributed by atoms with E-state index in [-0.39, 0.29) is 12.2 Å². The molecule has 2 rings (SSSR count). The van der Waals surface area contributed by atoms with E-state index in [1.54, 1.807) is 24.3 Å². The molecule has 1 N–H and O–H groups in total. The van der Waals surface area contributed by atoms with E-state index in [4.69, 9.17) is 9.84 Å². The van der Waals surface area contributed by atoms with E-state index < -0.39 is 11.8 Å². The molecular weight excluding hydrogens is 315 g/mol. The van der Waals surface area contributed by atoms with Crippen molar-refractivity contribution in [3.63, 3.8) is 0 Å². The van der Waals surface area contributed by atoms with Crippen molar-refractivity contribution in [3.8, 4) is 5.75 Å². The lowest BCUT2D eigenvalue weighted by Crippen LogP contribution is -1.99. The third-order valence-corrected chi connectivity index (χ3v) is 3.14. The molecule has 2 aromatic carbocycles. The molecule has 0 bridgehead atoms. The van der Waals surface area contributed by atoms with Gasteiger partial charge in [0.2, 0.25) is 0 Å². The molecule has 0 spiro atoms. The molecule has 0 fully saturated rings. The summed E-state index contributed by atoms with van der Waals surface area (Å²) in [5.41, 5.74) is 1.03. The molecule has 19 heavy (non-hydrogen) atoms. The van der Waals surface area contributed by atoms with E-state index in [2.05, 4.69) is 15.9 Å². The van der Waals surface area contributed by atoms with Gasteiger partial charge in [-0.15, -0.1) is 0 Å². The van der Waals surface area contributed by atoms with Crippen molar-refractivity contribution in [2.24, 2.45) is 0 Å². The van der Waals surface area contributed by atoms with Crippen LogP contribution in [-0.2, 0) is 6.61 Å². The van der Waals surface area contributed by atoms with Gasteiger partial charge in [0.15, 0.2) is 0 Å². The van der Waals surface area contributed by atoms with Crippen LogP contribution in [0.1, 0.15) is 15.9 Å². The number of halogens is 2. The highest BCUT2D eigenvalue weighted by atomic mass is 79.9. The van der Waals surface area contributed by atoms with Gasteiger partial charge >= 0.3 is 5.97 Å². The molecule has 0 aliphatic carbocycles. The normalized spacial score (nSPS) is 10.2. The van der Waals surface area contributed by atoms with Gasteiger partial charge < -0.3 is 9.84 Å². The SMILES string of the molecule is O=C(O)c1ccc(COc2ccc(Br)c(F)c2)cc1. The van der Waals surface area contributed by atoms with Crippen LogP contribution < -0.4 is 4.74 Å². The van der Waals surface area contributed by atoms with E-state index in [9.17, 15) is 9.18 Å². The van der Waals surface area contributed by atoms with Crippen molar-refractivity contribution in [2.45, 2.75) is 6.61 Å². The molecule has 5 heteroatoms. The first kappa shape index (κ1) is 13.5. The average molecular weight is 325 g/mol. The summed E-state index contributed by atoms with van der Waals surface area (Å²) < 4.78 is 19.1. The number of benzene rings is 2. The predicted molar refractivity (Wildman–Crippen MR) is 71.8 cm³/mol. The van der Waals surface area contributed by atoms with Crippen molar-refractivity contribution in [1.29, 1.82) is 0 Å². The van der Waals surface area contributed by atoms with Gasteiger partial charge in [-0.1, -0.05) is 12.1 Å². The maximum absolute atomic E-state index is 13.3. The molecule has 0 saturated carbocycles. The second-order valence-electron chi connectivity index (χ2n) is 3.87. The zero-order valence-corrected chi connectivity index (χ0v) is 11.4. The Morgan fingerprint density at radius 1 is 1.21 bits per heavy atom. The molecule has 0 aromatic heterocycles. The average Bonchev–Trinajstić information content (AvgIpc) is 2.40. The Morgan fingerprint density at radius 2 is 1.89 bits per heavy atom. The van der Waals surface area contributed by atoms with Gasteiger partial charge in [-0.2, -0.15) is 0 Å². The van der Waals surface area contributed by atoms with Crippen LogP contribution in [-0.4, -0.2) is 11.1 Å². The van der Waals surface area contributed by atoms with Crippen LogP contribution in [0.15, 0.2) is 46.9 Å². The number of carboxylic acid groups (broad SMARTS) is 1. The van der Waals surface area contributed by atoms with E-state index in [0.717, 1.165) is 5.56 Å². The van der Waals surface area contributed by atoms with E-state index in [1.807, 2.05) is 0 Å². The van der Waals surface area contributed by atoms with Gasteiger partial charge in [0.1, 0.15) is 18.2 Å². The van der Waals surface area contributed by atoms with Gasteiger partial charge in [-0.3, -0.25) is 0 Å². The molecule has 3 nitrogen and oxygen atoms in total. The lowest BCUT2D eigenvalue weighted by molar-refractivity contribution is 0.0697. The van der Waals surface area contributed by atoms with Crippen molar-refractivity contribution in [3.05, 3.63) is 63.9 Å². The highest BCUT2D eigenvalue weighted by Gasteiger charge is 2.04. The standard InChI is InChI=1S/C14H10BrFO3/c15-12-6-5-11(7-13(12)16)19-8-9-1-3-10(4-2-9)14(17)18/h1-7H,8H2,(H,17,18). The van der Waals surface area contributed by atoms with Gasteiger partial charge in [-0.05, 0) is 45.8 Å². The summed E-state index contributed by atoms with van der Waals surface area (Å²) in [5.74, 6) is -0.941. The summed E-state index contributed by atoms with van der Waals surface area (Å²) >= 11 is 3.06. The molecule has 0 amide bonds. The summed E-state index contributed by atoms with van der Waals surface area (Å²) in [7, 11) is 0. The minimum atomic E-state index is -0.970. The summed E-state index contributed by atoms with van der Waals surface area (Å²) in [5, 5.41) is 8.76. The quantitative estimate of drug-likeness (QED) is 0.928. The lowest BCUT2D eigenvalue weighted by atomic mass is 10.1. The molecule has 0 atom stereocenters. The summed E-state index contributed by atoms with van der Waals surface area (Å²) in [6, 6.07) is 10.8. The fraction of sp³-hybridized carbons (Fsp3) is 0.0714. The van der Waals surface area contributed by atoms with Gasteiger partial charge in [0.25, 0.3) is 0 Å². The Morgan fingerprint density at radius 3 is 2.47 bits per heavy atom. The predicted octanol–water partition coefficient (Wildman–Crippen LogP) is 3.87. The smallest absolute Gasteiger partial charge is 0.335 e. The van der Waals surface area contributed by atoms with E-state index in [0.29, 0.717) is 10.2 Å². The number of rotatable bonds is 4. The topological polar surface area (TPSA) is 46.5 Å². The first-order chi connectivity index (χ1) is 9.06. The molecule has 0 aliphatic rings. The molecular formula is C14H10BrFO3. The molecule has 2 aromatic rings. The van der Waals surface area contributed by atoms with Crippen LogP contribution in [0.3, 0.4) is 0 Å². The number of carbonyl (C=O) groups is 1. The minimum Gasteiger partial charge on any atom is -0.489 e. The maximum Gasteiger partial charge on any atom is 0.335 e. The number of hydrogen-bond donors (Lipinski definition) is 1. The first-order valence-electron chi connectivity index (χ1n) is 5.46. The van der Waals surface area contributed by atoms with Gasteiger partial charge in [0, 0.05) is 6.07 Å². The zero-order valence-electron chi connectivity index (χ0n) is 9.77. The van der Waals surface area contributed by atoms with Crippen LogP contribution >= 0.6 is 15.9 Å². The third-order valence-electron chi connectivity index (χ3n) is 2.50. The first-order valence-corrected chi connectivity index (χ1v) is 6.25. The third kappa shape index (κ3) is 3.54. The van der Waals surface area contributed by atoms with Gasteiger partial charge in [0.05, 0.1) is 10.0 Å². The zero-order chi connectivity index (χ0) is 13.8. The van der Waals surface area contributed by atoms with Crippen molar-refractivity contribution in [2.75, 3.05) is 0 Å². The van der Waals surface area contributed by atoms with Crippen LogP contribution in [0.25, 0.3) is 0 Å². The van der Waals surface area contributed by atoms with Crippen LogP contribution in [0.2, 0.25) is 0 Å². The summed E-state index contributed by atoms with van der Waals surface area (Å²) in [4.78, 5) is 10.7. The Kier molecular flexibility index (Phi) is 4.16. The Bertz CT molecular complexity index is 596. The molecule has 98 valence electrons. The van der Waals surface area contributed by atoms with Gasteiger partial charge in [-0.25, -0.2) is 9.18 Å². The fourth-order valence-corrected chi connectivity index (χ4v) is 1.72. The van der Waals surface area contributed by atoms with Crippen molar-refractivity contribution >= 4 is 21.9 Å². The van der Waals surface area contributed by atoms with Crippen LogP contribution in [0, 0.1) is 5.82 Å². The molecule has 0 radical (unpaired) electrons. The minimum absolute atomic E-state index is 0.221. The second-order valence-corrected chi connectivity index (χ2v) is 4.72. The van der Waals surface area contributed by atoms with Crippen molar-refractivity contribution < 1.29 is 19.0 Å². The molecule has 0 heterocycles. The van der Waals surface area contributed by atoms with Crippen molar-refractivity contribution in [1.82, 2.24) is 0 Å². The Hall–Kier alpha value is -1.88. The number of aromatic carboxylic acids is 1. The Labute approximate surface area is 117 Å². The molecule has 0 unspecified atom stereocenters. The largest absolute Gasteiger partial charge is 0.489 e. The number of carboxylic acids is 1. The number of hydrogen-bond acceptors (Lipinski definition) is 2. The number of ether oxygens (including phenoxy) is 1. The summed E-state index contributed by atoms with van der Waals surface area (Å²) in [6.45, 7) is 0.251. The highest BCUT2D eigenvalue weighted by molar-refractivity contribution is 9.10.